The molecule has 6 nitrogen and oxygen atoms in total. The minimum absolute atomic E-state index is 0.170. The van der Waals surface area contributed by atoms with E-state index in [4.69, 9.17) is 10.5 Å². The summed E-state index contributed by atoms with van der Waals surface area (Å²) in [6.07, 6.45) is -0.581. The first-order valence-corrected chi connectivity index (χ1v) is 8.05. The highest BCUT2D eigenvalue weighted by Gasteiger charge is 2.40. The first kappa shape index (κ1) is 15.4. The molecule has 2 atom stereocenters. The first-order valence-electron chi connectivity index (χ1n) is 8.05. The van der Waals surface area contributed by atoms with E-state index in [-0.39, 0.29) is 12.5 Å². The van der Waals surface area contributed by atoms with Crippen molar-refractivity contribution >= 4 is 23.5 Å². The van der Waals surface area contributed by atoms with Gasteiger partial charge in [-0.3, -0.25) is 9.59 Å². The zero-order chi connectivity index (χ0) is 17.6. The molecule has 2 aromatic carbocycles. The van der Waals surface area contributed by atoms with Gasteiger partial charge >= 0.3 is 5.97 Å². The summed E-state index contributed by atoms with van der Waals surface area (Å²) in [5.74, 6) is -1.86. The lowest BCUT2D eigenvalue weighted by Gasteiger charge is -2.28. The number of carbonyl (C=O) groups excluding carboxylic acids is 3. The number of nitrogens with two attached hydrogens (primary N) is 1. The number of amides is 2. The molecule has 0 aromatic heterocycles. The fraction of sp³-hybridized carbons (Fsp3) is 0.211. The number of esters is 1. The minimum Gasteiger partial charge on any atom is -0.448 e. The topological polar surface area (TPSA) is 89.7 Å². The summed E-state index contributed by atoms with van der Waals surface area (Å²) in [7, 11) is 0. The van der Waals surface area contributed by atoms with E-state index >= 15 is 0 Å². The third-order valence-corrected chi connectivity index (χ3v) is 4.74. The molecule has 2 aliphatic heterocycles. The molecule has 2 amide bonds. The molecule has 126 valence electrons. The number of anilines is 1. The molecular formula is C19H16N2O4. The van der Waals surface area contributed by atoms with Crippen molar-refractivity contribution < 1.29 is 19.1 Å². The van der Waals surface area contributed by atoms with Gasteiger partial charge in [0, 0.05) is 18.7 Å². The predicted molar refractivity (Wildman–Crippen MR) is 90.1 cm³/mol. The number of primary amides is 1. The molecule has 4 rings (SSSR count). The van der Waals surface area contributed by atoms with E-state index in [0.29, 0.717) is 17.7 Å². The van der Waals surface area contributed by atoms with Crippen LogP contribution in [0.4, 0.5) is 5.69 Å². The van der Waals surface area contributed by atoms with Gasteiger partial charge in [0.15, 0.2) is 6.10 Å². The van der Waals surface area contributed by atoms with E-state index in [1.165, 1.54) is 4.90 Å². The van der Waals surface area contributed by atoms with Gasteiger partial charge in [0.25, 0.3) is 5.91 Å². The molecule has 0 fully saturated rings. The summed E-state index contributed by atoms with van der Waals surface area (Å²) in [5, 5.41) is 0. The van der Waals surface area contributed by atoms with E-state index in [2.05, 4.69) is 0 Å². The van der Waals surface area contributed by atoms with Gasteiger partial charge < -0.3 is 15.4 Å². The van der Waals surface area contributed by atoms with Crippen LogP contribution in [0.5, 0.6) is 0 Å². The molecular weight excluding hydrogens is 320 g/mol. The summed E-state index contributed by atoms with van der Waals surface area (Å²) < 4.78 is 5.35. The van der Waals surface area contributed by atoms with Gasteiger partial charge in [-0.15, -0.1) is 0 Å². The molecule has 6 heteroatoms. The largest absolute Gasteiger partial charge is 0.448 e. The number of ether oxygens (including phenoxy) is 1. The van der Waals surface area contributed by atoms with E-state index in [9.17, 15) is 14.4 Å². The number of fused-ring (bicyclic) bond motifs is 2. The van der Waals surface area contributed by atoms with E-state index in [0.717, 1.165) is 11.1 Å². The maximum absolute atomic E-state index is 13.0. The van der Waals surface area contributed by atoms with Crippen LogP contribution in [0.1, 0.15) is 27.4 Å². The molecule has 0 spiro atoms. The van der Waals surface area contributed by atoms with Crippen molar-refractivity contribution in [1.29, 1.82) is 0 Å². The van der Waals surface area contributed by atoms with Crippen LogP contribution in [-0.4, -0.2) is 30.4 Å². The van der Waals surface area contributed by atoms with Crippen LogP contribution < -0.4 is 10.6 Å². The van der Waals surface area contributed by atoms with Crippen molar-refractivity contribution in [2.45, 2.75) is 18.4 Å². The third-order valence-electron chi connectivity index (χ3n) is 4.74. The van der Waals surface area contributed by atoms with Crippen molar-refractivity contribution in [3.05, 3.63) is 65.2 Å². The quantitative estimate of drug-likeness (QED) is 0.839. The van der Waals surface area contributed by atoms with E-state index in [1.807, 2.05) is 12.1 Å². The number of carbonyl (C=O) groups is 3. The Hall–Kier alpha value is -3.15. The second kappa shape index (κ2) is 5.73. The Kier molecular flexibility index (Phi) is 3.53. The maximum Gasteiger partial charge on any atom is 0.339 e. The Balaban J connectivity index is 1.65. The van der Waals surface area contributed by atoms with E-state index in [1.54, 1.807) is 36.4 Å². The van der Waals surface area contributed by atoms with Crippen molar-refractivity contribution in [3.63, 3.8) is 0 Å². The number of benzene rings is 2. The van der Waals surface area contributed by atoms with Gasteiger partial charge in [-0.1, -0.05) is 36.4 Å². The highest BCUT2D eigenvalue weighted by Crippen LogP contribution is 2.37. The first-order chi connectivity index (χ1) is 12.1. The number of rotatable bonds is 2. The van der Waals surface area contributed by atoms with Gasteiger partial charge in [-0.2, -0.15) is 0 Å². The molecule has 0 bridgehead atoms. The SMILES string of the molecule is NC(=O)[C@@H]1CN(C(=O)[C@H]2Cc3ccccc3C(=O)O2)c2ccccc21. The van der Waals surface area contributed by atoms with Crippen molar-refractivity contribution in [2.75, 3.05) is 11.4 Å². The summed E-state index contributed by atoms with van der Waals surface area (Å²) in [6.45, 7) is 0.170. The molecule has 0 saturated carbocycles. The Morgan fingerprint density at radius 3 is 2.60 bits per heavy atom. The monoisotopic (exact) mass is 336 g/mol. The molecule has 2 aliphatic rings. The van der Waals surface area contributed by atoms with Gasteiger partial charge in [0.05, 0.1) is 11.5 Å². The minimum atomic E-state index is -0.901. The molecule has 2 aromatic rings. The van der Waals surface area contributed by atoms with Crippen LogP contribution in [0, 0.1) is 0 Å². The van der Waals surface area contributed by atoms with Crippen LogP contribution >= 0.6 is 0 Å². The van der Waals surface area contributed by atoms with Crippen LogP contribution in [0.3, 0.4) is 0 Å². The number of hydrogen-bond acceptors (Lipinski definition) is 4. The van der Waals surface area contributed by atoms with Crippen LogP contribution in [0.25, 0.3) is 0 Å². The smallest absolute Gasteiger partial charge is 0.339 e. The van der Waals surface area contributed by atoms with Gasteiger partial charge in [0.1, 0.15) is 0 Å². The lowest BCUT2D eigenvalue weighted by Crippen LogP contribution is -2.44. The molecule has 0 aliphatic carbocycles. The average Bonchev–Trinajstić information content (AvgIpc) is 3.01. The van der Waals surface area contributed by atoms with Crippen LogP contribution in [0.15, 0.2) is 48.5 Å². The fourth-order valence-corrected chi connectivity index (χ4v) is 3.50. The Bertz CT molecular complexity index is 892. The number of hydrogen-bond donors (Lipinski definition) is 1. The van der Waals surface area contributed by atoms with Crippen LogP contribution in [0.2, 0.25) is 0 Å². The zero-order valence-electron chi connectivity index (χ0n) is 13.3. The predicted octanol–water partition coefficient (Wildman–Crippen LogP) is 1.38. The molecule has 0 saturated heterocycles. The summed E-state index contributed by atoms with van der Waals surface area (Å²) >= 11 is 0. The Morgan fingerprint density at radius 1 is 1.08 bits per heavy atom. The second-order valence-electron chi connectivity index (χ2n) is 6.22. The molecule has 25 heavy (non-hydrogen) atoms. The fourth-order valence-electron chi connectivity index (χ4n) is 3.50. The number of cyclic esters (lactones) is 1. The Morgan fingerprint density at radius 2 is 1.80 bits per heavy atom. The average molecular weight is 336 g/mol. The third kappa shape index (κ3) is 2.46. The maximum atomic E-state index is 13.0. The standard InChI is InChI=1S/C19H16N2O4/c20-17(22)14-10-21(15-8-4-3-7-13(14)15)18(23)16-9-11-5-1-2-6-12(11)19(24)25-16/h1-8,14,16H,9-10H2,(H2,20,22)/t14-,16-/m1/s1. The number of nitrogens with zero attached hydrogens (tertiary/aromatic N) is 1. The zero-order valence-corrected chi connectivity index (χ0v) is 13.3. The molecule has 0 radical (unpaired) electrons. The van der Waals surface area contributed by atoms with Gasteiger partial charge in [-0.05, 0) is 23.3 Å². The highest BCUT2D eigenvalue weighted by molar-refractivity contribution is 6.04. The summed E-state index contributed by atoms with van der Waals surface area (Å²) in [6, 6.07) is 14.3. The second-order valence-corrected chi connectivity index (χ2v) is 6.22. The van der Waals surface area contributed by atoms with Crippen LogP contribution in [-0.2, 0) is 20.7 Å². The van der Waals surface area contributed by atoms with Crippen molar-refractivity contribution in [2.24, 2.45) is 5.73 Å². The lowest BCUT2D eigenvalue weighted by atomic mass is 9.98. The van der Waals surface area contributed by atoms with Crippen molar-refractivity contribution in [1.82, 2.24) is 0 Å². The molecule has 2 heterocycles. The normalized spacial score (nSPS) is 21.3. The lowest BCUT2D eigenvalue weighted by molar-refractivity contribution is -0.127. The molecule has 2 N–H and O–H groups in total. The van der Waals surface area contributed by atoms with Crippen molar-refractivity contribution in [3.8, 4) is 0 Å². The summed E-state index contributed by atoms with van der Waals surface area (Å²) in [4.78, 5) is 38.4. The highest BCUT2D eigenvalue weighted by atomic mass is 16.5. The molecule has 0 unspecified atom stereocenters. The summed E-state index contributed by atoms with van der Waals surface area (Å²) in [5.41, 5.74) is 8.13. The van der Waals surface area contributed by atoms with Gasteiger partial charge in [0.2, 0.25) is 5.91 Å². The van der Waals surface area contributed by atoms with Gasteiger partial charge in [-0.25, -0.2) is 4.79 Å². The number of para-hydroxylation sites is 1. The van der Waals surface area contributed by atoms with E-state index < -0.39 is 23.9 Å². The Labute approximate surface area is 144 Å².